The van der Waals surface area contributed by atoms with Gasteiger partial charge < -0.3 is 9.47 Å². The third kappa shape index (κ3) is 6.29. The summed E-state index contributed by atoms with van der Waals surface area (Å²) in [6, 6.07) is 10.2. The third-order valence-electron chi connectivity index (χ3n) is 7.69. The van der Waals surface area contributed by atoms with Crippen molar-refractivity contribution in [1.29, 1.82) is 0 Å². The summed E-state index contributed by atoms with van der Waals surface area (Å²) in [4.78, 5) is 23.2. The van der Waals surface area contributed by atoms with Gasteiger partial charge in [0, 0.05) is 50.2 Å². The molecule has 2 aliphatic heterocycles. The lowest BCUT2D eigenvalue weighted by Crippen LogP contribution is -2.45. The van der Waals surface area contributed by atoms with Crippen molar-refractivity contribution in [2.24, 2.45) is 5.92 Å². The number of ether oxygens (including phenoxy) is 2. The van der Waals surface area contributed by atoms with Crippen LogP contribution in [0.1, 0.15) is 24.8 Å². The zero-order chi connectivity index (χ0) is 28.3. The van der Waals surface area contributed by atoms with Crippen LogP contribution in [-0.2, 0) is 19.6 Å². The van der Waals surface area contributed by atoms with E-state index in [1.54, 1.807) is 31.4 Å². The highest BCUT2D eigenvalue weighted by molar-refractivity contribution is 7.89. The summed E-state index contributed by atoms with van der Waals surface area (Å²) in [5, 5.41) is 1.32. The maximum Gasteiger partial charge on any atom is 0.243 e. The van der Waals surface area contributed by atoms with Crippen LogP contribution in [-0.4, -0.2) is 88.1 Å². The standard InChI is InChI=1S/C28H35ClN4O5S2/c1-20-24(29)8-9-25-26(20)30-28(39-25)33(13-3-12-31-16-18-38-19-17-31)27(34)21-10-14-32(15-11-21)40(35,36)23-6-4-22(37-2)5-7-23/h4-9,21H,3,10-19H2,1-2H3. The fraction of sp³-hybridized carbons (Fsp3) is 0.500. The number of anilines is 1. The van der Waals surface area contributed by atoms with Crippen LogP contribution in [0.4, 0.5) is 5.13 Å². The summed E-state index contributed by atoms with van der Waals surface area (Å²) < 4.78 is 39.5. The minimum atomic E-state index is -3.65. The Morgan fingerprint density at radius 1 is 1.12 bits per heavy atom. The smallest absolute Gasteiger partial charge is 0.243 e. The monoisotopic (exact) mass is 606 g/mol. The molecule has 1 aromatic heterocycles. The Morgan fingerprint density at radius 2 is 1.82 bits per heavy atom. The lowest BCUT2D eigenvalue weighted by Gasteiger charge is -2.33. The molecule has 12 heteroatoms. The van der Waals surface area contributed by atoms with E-state index < -0.39 is 10.0 Å². The van der Waals surface area contributed by atoms with Crippen LogP contribution in [0.25, 0.3) is 10.2 Å². The number of methoxy groups -OCH3 is 1. The van der Waals surface area contributed by atoms with Gasteiger partial charge in [0.15, 0.2) is 5.13 Å². The van der Waals surface area contributed by atoms with E-state index in [-0.39, 0.29) is 16.7 Å². The molecule has 5 rings (SSSR count). The van der Waals surface area contributed by atoms with Crippen LogP contribution in [0, 0.1) is 12.8 Å². The molecule has 1 amide bonds. The van der Waals surface area contributed by atoms with E-state index >= 15 is 0 Å². The number of fused-ring (bicyclic) bond motifs is 1. The number of piperidine rings is 1. The molecule has 0 spiro atoms. The van der Waals surface area contributed by atoms with Crippen LogP contribution < -0.4 is 9.64 Å². The quantitative estimate of drug-likeness (QED) is 0.356. The van der Waals surface area contributed by atoms with Crippen molar-refractivity contribution < 1.29 is 22.7 Å². The fourth-order valence-electron chi connectivity index (χ4n) is 5.24. The number of hydrogen-bond donors (Lipinski definition) is 0. The Balaban J connectivity index is 1.30. The average Bonchev–Trinajstić information content (AvgIpc) is 3.42. The first-order valence-corrected chi connectivity index (χ1v) is 16.2. The summed E-state index contributed by atoms with van der Waals surface area (Å²) in [6.45, 7) is 7.22. The largest absolute Gasteiger partial charge is 0.497 e. The highest BCUT2D eigenvalue weighted by Crippen LogP contribution is 2.35. The normalized spacial score (nSPS) is 17.8. The summed E-state index contributed by atoms with van der Waals surface area (Å²) in [5.74, 6) is 0.331. The molecule has 0 aliphatic carbocycles. The van der Waals surface area contributed by atoms with Gasteiger partial charge in [0.2, 0.25) is 15.9 Å². The number of carbonyl (C=O) groups excluding carboxylic acids is 1. The number of sulfonamides is 1. The molecule has 0 unspecified atom stereocenters. The van der Waals surface area contributed by atoms with Gasteiger partial charge in [-0.2, -0.15) is 4.31 Å². The summed E-state index contributed by atoms with van der Waals surface area (Å²) in [6.07, 6.45) is 1.74. The fourth-order valence-corrected chi connectivity index (χ4v) is 7.92. The molecule has 3 aromatic rings. The third-order valence-corrected chi connectivity index (χ3v) is 11.1. The van der Waals surface area contributed by atoms with E-state index in [4.69, 9.17) is 26.1 Å². The molecule has 2 aromatic carbocycles. The van der Waals surface area contributed by atoms with Gasteiger partial charge in [-0.15, -0.1) is 0 Å². The second-order valence-corrected chi connectivity index (χ2v) is 13.5. The molecule has 9 nitrogen and oxygen atoms in total. The summed E-state index contributed by atoms with van der Waals surface area (Å²) in [7, 11) is -2.10. The highest BCUT2D eigenvalue weighted by Gasteiger charge is 2.35. The Kier molecular flexibility index (Phi) is 9.28. The molecule has 3 heterocycles. The van der Waals surface area contributed by atoms with Gasteiger partial charge >= 0.3 is 0 Å². The lowest BCUT2D eigenvalue weighted by atomic mass is 9.96. The molecule has 2 saturated heterocycles. The van der Waals surface area contributed by atoms with E-state index in [2.05, 4.69) is 4.90 Å². The Morgan fingerprint density at radius 3 is 2.50 bits per heavy atom. The second-order valence-electron chi connectivity index (χ2n) is 10.2. The van der Waals surface area contributed by atoms with E-state index in [9.17, 15) is 13.2 Å². The minimum absolute atomic E-state index is 0.00581. The number of carbonyl (C=O) groups is 1. The average molecular weight is 607 g/mol. The van der Waals surface area contributed by atoms with Crippen molar-refractivity contribution in [3.8, 4) is 5.75 Å². The van der Waals surface area contributed by atoms with Crippen molar-refractivity contribution in [2.75, 3.05) is 64.5 Å². The number of halogens is 1. The topological polar surface area (TPSA) is 92.3 Å². The predicted molar refractivity (Wildman–Crippen MR) is 158 cm³/mol. The van der Waals surface area contributed by atoms with Gasteiger partial charge in [-0.3, -0.25) is 14.6 Å². The molecule has 2 fully saturated rings. The van der Waals surface area contributed by atoms with Crippen molar-refractivity contribution in [2.45, 2.75) is 31.1 Å². The molecular formula is C28H35ClN4O5S2. The first-order chi connectivity index (χ1) is 19.3. The molecule has 0 bridgehead atoms. The van der Waals surface area contributed by atoms with Gasteiger partial charge in [0.05, 0.1) is 35.4 Å². The molecule has 0 radical (unpaired) electrons. The van der Waals surface area contributed by atoms with Crippen LogP contribution >= 0.6 is 22.9 Å². The second kappa shape index (κ2) is 12.7. The Bertz CT molecular complexity index is 1430. The molecule has 40 heavy (non-hydrogen) atoms. The number of aromatic nitrogens is 1. The maximum absolute atomic E-state index is 14.0. The first-order valence-electron chi connectivity index (χ1n) is 13.6. The molecule has 0 saturated carbocycles. The zero-order valence-electron chi connectivity index (χ0n) is 22.8. The van der Waals surface area contributed by atoms with Crippen LogP contribution in [0.3, 0.4) is 0 Å². The number of aryl methyl sites for hydroxylation is 1. The molecule has 2 aliphatic rings. The SMILES string of the molecule is COc1ccc(S(=O)(=O)N2CCC(C(=O)N(CCCN3CCOCC3)c3nc4c(C)c(Cl)ccc4s3)CC2)cc1. The number of rotatable bonds is 9. The van der Waals surface area contributed by atoms with Gasteiger partial charge in [-0.25, -0.2) is 13.4 Å². The van der Waals surface area contributed by atoms with Crippen molar-refractivity contribution in [1.82, 2.24) is 14.2 Å². The predicted octanol–water partition coefficient (Wildman–Crippen LogP) is 4.42. The van der Waals surface area contributed by atoms with Crippen LogP contribution in [0.15, 0.2) is 41.3 Å². The van der Waals surface area contributed by atoms with E-state index in [0.717, 1.165) is 55.0 Å². The number of amides is 1. The van der Waals surface area contributed by atoms with Gasteiger partial charge in [0.25, 0.3) is 0 Å². The summed E-state index contributed by atoms with van der Waals surface area (Å²) >= 11 is 7.85. The van der Waals surface area contributed by atoms with Gasteiger partial charge in [0.1, 0.15) is 5.75 Å². The number of hydrogen-bond acceptors (Lipinski definition) is 8. The molecular weight excluding hydrogens is 572 g/mol. The number of morpholine rings is 1. The lowest BCUT2D eigenvalue weighted by molar-refractivity contribution is -0.123. The minimum Gasteiger partial charge on any atom is -0.497 e. The van der Waals surface area contributed by atoms with Crippen LogP contribution in [0.5, 0.6) is 5.75 Å². The maximum atomic E-state index is 14.0. The zero-order valence-corrected chi connectivity index (χ0v) is 25.2. The molecule has 0 atom stereocenters. The number of nitrogens with zero attached hydrogens (tertiary/aromatic N) is 4. The van der Waals surface area contributed by atoms with E-state index in [1.165, 1.54) is 15.6 Å². The first kappa shape index (κ1) is 29.2. The highest BCUT2D eigenvalue weighted by atomic mass is 35.5. The van der Waals surface area contributed by atoms with E-state index in [1.807, 2.05) is 24.0 Å². The van der Waals surface area contributed by atoms with Crippen molar-refractivity contribution >= 4 is 54.2 Å². The Labute approximate surface area is 244 Å². The number of thiazole rings is 1. The Hall–Kier alpha value is -2.28. The number of benzene rings is 2. The summed E-state index contributed by atoms with van der Waals surface area (Å²) in [5.41, 5.74) is 1.72. The van der Waals surface area contributed by atoms with Crippen molar-refractivity contribution in [3.63, 3.8) is 0 Å². The molecule has 216 valence electrons. The van der Waals surface area contributed by atoms with Gasteiger partial charge in [-0.1, -0.05) is 22.9 Å². The van der Waals surface area contributed by atoms with Gasteiger partial charge in [-0.05, 0) is 68.1 Å². The molecule has 0 N–H and O–H groups in total. The van der Waals surface area contributed by atoms with E-state index in [0.29, 0.717) is 48.4 Å². The van der Waals surface area contributed by atoms with Crippen LogP contribution in [0.2, 0.25) is 5.02 Å². The van der Waals surface area contributed by atoms with Crippen molar-refractivity contribution in [3.05, 3.63) is 47.0 Å².